The van der Waals surface area contributed by atoms with Crippen LogP contribution < -0.4 is 5.56 Å². The van der Waals surface area contributed by atoms with Crippen molar-refractivity contribution in [3.63, 3.8) is 0 Å². The highest BCUT2D eigenvalue weighted by Crippen LogP contribution is 2.29. The number of fused-ring (bicyclic) bond motifs is 1. The van der Waals surface area contributed by atoms with Crippen molar-refractivity contribution in [2.45, 2.75) is 26.4 Å². The molecule has 1 saturated heterocycles. The third-order valence-corrected chi connectivity index (χ3v) is 5.11. The molecule has 1 fully saturated rings. The van der Waals surface area contributed by atoms with E-state index in [1.807, 2.05) is 20.8 Å². The summed E-state index contributed by atoms with van der Waals surface area (Å²) in [6, 6.07) is 0. The van der Waals surface area contributed by atoms with Crippen molar-refractivity contribution in [2.24, 2.45) is 7.05 Å². The Balaban J connectivity index is 2.03. The fraction of sp³-hybridized carbons (Fsp3) is 0.533. The first-order valence-electron chi connectivity index (χ1n) is 7.18. The van der Waals surface area contributed by atoms with Gasteiger partial charge in [-0.3, -0.25) is 9.59 Å². The summed E-state index contributed by atoms with van der Waals surface area (Å²) in [6.45, 7) is 7.42. The van der Waals surface area contributed by atoms with E-state index < -0.39 is 0 Å². The van der Waals surface area contributed by atoms with Crippen molar-refractivity contribution < 1.29 is 9.53 Å². The summed E-state index contributed by atoms with van der Waals surface area (Å²) in [4.78, 5) is 32.4. The van der Waals surface area contributed by atoms with Crippen LogP contribution in [0.4, 0.5) is 0 Å². The van der Waals surface area contributed by atoms with E-state index in [0.29, 0.717) is 34.8 Å². The lowest BCUT2D eigenvalue weighted by molar-refractivity contribution is -0.0763. The van der Waals surface area contributed by atoms with E-state index in [0.717, 1.165) is 5.56 Å². The minimum absolute atomic E-state index is 0.0427. The molecule has 0 unspecified atom stereocenters. The largest absolute Gasteiger partial charge is 0.372 e. The van der Waals surface area contributed by atoms with Crippen LogP contribution in [0.15, 0.2) is 11.1 Å². The molecule has 0 atom stereocenters. The van der Waals surface area contributed by atoms with Gasteiger partial charge in [-0.05, 0) is 26.3 Å². The molecule has 118 valence electrons. The monoisotopic (exact) mass is 321 g/mol. The number of aromatic nitrogens is 2. The maximum atomic E-state index is 12.8. The summed E-state index contributed by atoms with van der Waals surface area (Å²) in [5.41, 5.74) is 0.274. The molecule has 0 bridgehead atoms. The van der Waals surface area contributed by atoms with Crippen LogP contribution in [0.3, 0.4) is 0 Å². The summed E-state index contributed by atoms with van der Waals surface area (Å²) in [5, 5.41) is 0.547. The highest BCUT2D eigenvalue weighted by atomic mass is 32.1. The molecule has 22 heavy (non-hydrogen) atoms. The van der Waals surface area contributed by atoms with Gasteiger partial charge in [0.1, 0.15) is 4.83 Å². The van der Waals surface area contributed by atoms with E-state index in [4.69, 9.17) is 4.74 Å². The molecule has 3 heterocycles. The number of hydrogen-bond donors (Lipinski definition) is 0. The van der Waals surface area contributed by atoms with E-state index in [9.17, 15) is 9.59 Å². The number of carbonyl (C=O) groups is 1. The van der Waals surface area contributed by atoms with Crippen molar-refractivity contribution in [1.82, 2.24) is 14.5 Å². The summed E-state index contributed by atoms with van der Waals surface area (Å²) in [5.74, 6) is -0.0427. The number of ether oxygens (including phenoxy) is 1. The predicted molar refractivity (Wildman–Crippen MR) is 85.5 cm³/mol. The molecule has 7 heteroatoms. The standard InChI is InChI=1S/C15H19N3O3S/c1-9-10-12(16-8-17(4)13(10)19)22-11(9)14(20)18-5-6-21-15(2,3)7-18/h8H,5-7H2,1-4H3. The number of rotatable bonds is 1. The normalized spacial score (nSPS) is 17.9. The lowest BCUT2D eigenvalue weighted by atomic mass is 10.1. The SMILES string of the molecule is Cc1c(C(=O)N2CCOC(C)(C)C2)sc2ncn(C)c(=O)c12. The number of carbonyl (C=O) groups excluding carboxylic acids is 1. The number of hydrogen-bond acceptors (Lipinski definition) is 5. The molecule has 2 aromatic rings. The van der Waals surface area contributed by atoms with Crippen molar-refractivity contribution >= 4 is 27.5 Å². The van der Waals surface area contributed by atoms with Crippen LogP contribution in [-0.4, -0.2) is 45.7 Å². The average Bonchev–Trinajstić information content (AvgIpc) is 2.79. The van der Waals surface area contributed by atoms with Gasteiger partial charge in [-0.2, -0.15) is 0 Å². The van der Waals surface area contributed by atoms with Crippen LogP contribution in [0, 0.1) is 6.92 Å². The first kappa shape index (κ1) is 15.2. The van der Waals surface area contributed by atoms with Gasteiger partial charge >= 0.3 is 0 Å². The maximum absolute atomic E-state index is 12.8. The van der Waals surface area contributed by atoms with E-state index >= 15 is 0 Å². The van der Waals surface area contributed by atoms with E-state index in [-0.39, 0.29) is 17.1 Å². The second-order valence-electron chi connectivity index (χ2n) is 6.23. The number of nitrogens with zero attached hydrogens (tertiary/aromatic N) is 3. The highest BCUT2D eigenvalue weighted by Gasteiger charge is 2.32. The minimum Gasteiger partial charge on any atom is -0.372 e. The van der Waals surface area contributed by atoms with Gasteiger partial charge in [-0.25, -0.2) is 4.98 Å². The molecule has 1 aliphatic rings. The molecule has 0 N–H and O–H groups in total. The fourth-order valence-corrected chi connectivity index (χ4v) is 3.85. The quantitative estimate of drug-likeness (QED) is 0.799. The zero-order valence-corrected chi connectivity index (χ0v) is 14.0. The predicted octanol–water partition coefficient (Wildman–Crippen LogP) is 1.55. The minimum atomic E-state index is -0.340. The van der Waals surface area contributed by atoms with Gasteiger partial charge in [-0.15, -0.1) is 11.3 Å². The van der Waals surface area contributed by atoms with Crippen LogP contribution in [0.25, 0.3) is 10.2 Å². The van der Waals surface area contributed by atoms with Crippen LogP contribution in [0.2, 0.25) is 0 Å². The summed E-state index contributed by atoms with van der Waals surface area (Å²) in [7, 11) is 1.66. The molecule has 1 aliphatic heterocycles. The van der Waals surface area contributed by atoms with Gasteiger partial charge in [0, 0.05) is 20.1 Å². The van der Waals surface area contributed by atoms with Gasteiger partial charge in [0.15, 0.2) is 0 Å². The van der Waals surface area contributed by atoms with Crippen LogP contribution in [0.1, 0.15) is 29.1 Å². The Morgan fingerprint density at radius 3 is 2.86 bits per heavy atom. The first-order valence-corrected chi connectivity index (χ1v) is 8.00. The average molecular weight is 321 g/mol. The molecule has 0 radical (unpaired) electrons. The molecule has 3 rings (SSSR count). The lowest BCUT2D eigenvalue weighted by Crippen LogP contribution is -2.50. The Hall–Kier alpha value is -1.73. The van der Waals surface area contributed by atoms with Gasteiger partial charge in [0.05, 0.1) is 28.8 Å². The molecule has 0 spiro atoms. The number of thiophene rings is 1. The van der Waals surface area contributed by atoms with Crippen molar-refractivity contribution in [3.8, 4) is 0 Å². The Morgan fingerprint density at radius 1 is 1.45 bits per heavy atom. The summed E-state index contributed by atoms with van der Waals surface area (Å²) >= 11 is 1.29. The van der Waals surface area contributed by atoms with Gasteiger partial charge in [0.25, 0.3) is 11.5 Å². The molecule has 0 aliphatic carbocycles. The van der Waals surface area contributed by atoms with Crippen molar-refractivity contribution in [3.05, 3.63) is 27.1 Å². The second kappa shape index (κ2) is 5.17. The Labute approximate surface area is 132 Å². The topological polar surface area (TPSA) is 64.4 Å². The van der Waals surface area contributed by atoms with Crippen LogP contribution in [0.5, 0.6) is 0 Å². The van der Waals surface area contributed by atoms with E-state index in [2.05, 4.69) is 4.98 Å². The smallest absolute Gasteiger partial charge is 0.264 e. The molecular weight excluding hydrogens is 302 g/mol. The molecule has 0 aromatic carbocycles. The fourth-order valence-electron chi connectivity index (χ4n) is 2.75. The number of amides is 1. The zero-order chi connectivity index (χ0) is 16.1. The maximum Gasteiger partial charge on any atom is 0.264 e. The Bertz CT molecular complexity index is 806. The Kier molecular flexibility index (Phi) is 3.57. The number of morpholine rings is 1. The molecule has 6 nitrogen and oxygen atoms in total. The molecular formula is C15H19N3O3S. The van der Waals surface area contributed by atoms with E-state index in [1.54, 1.807) is 11.9 Å². The third-order valence-electron chi connectivity index (χ3n) is 3.92. The molecule has 0 saturated carbocycles. The summed E-state index contributed by atoms with van der Waals surface area (Å²) < 4.78 is 7.09. The zero-order valence-electron chi connectivity index (χ0n) is 13.2. The van der Waals surface area contributed by atoms with Gasteiger partial charge < -0.3 is 14.2 Å². The lowest BCUT2D eigenvalue weighted by Gasteiger charge is -2.38. The first-order chi connectivity index (χ1) is 10.3. The van der Waals surface area contributed by atoms with Crippen LogP contribution in [-0.2, 0) is 11.8 Å². The van der Waals surface area contributed by atoms with Crippen molar-refractivity contribution in [2.75, 3.05) is 19.7 Å². The van der Waals surface area contributed by atoms with Gasteiger partial charge in [0.2, 0.25) is 0 Å². The van der Waals surface area contributed by atoms with Gasteiger partial charge in [-0.1, -0.05) is 0 Å². The molecule has 2 aromatic heterocycles. The highest BCUT2D eigenvalue weighted by molar-refractivity contribution is 7.20. The summed E-state index contributed by atoms with van der Waals surface area (Å²) in [6.07, 6.45) is 1.49. The number of aryl methyl sites for hydroxylation is 2. The Morgan fingerprint density at radius 2 is 2.18 bits per heavy atom. The second-order valence-corrected chi connectivity index (χ2v) is 7.23. The third kappa shape index (κ3) is 2.44. The van der Waals surface area contributed by atoms with Crippen molar-refractivity contribution in [1.29, 1.82) is 0 Å². The molecule has 1 amide bonds. The van der Waals surface area contributed by atoms with Crippen LogP contribution >= 0.6 is 11.3 Å². The van der Waals surface area contributed by atoms with E-state index in [1.165, 1.54) is 22.2 Å².